The van der Waals surface area contributed by atoms with Crippen LogP contribution in [0.4, 0.5) is 11.4 Å². The van der Waals surface area contributed by atoms with Gasteiger partial charge in [0.1, 0.15) is 23.0 Å². The van der Waals surface area contributed by atoms with E-state index in [1.54, 1.807) is 36.9 Å². The van der Waals surface area contributed by atoms with E-state index in [-0.39, 0.29) is 5.56 Å². The van der Waals surface area contributed by atoms with Crippen LogP contribution in [0.15, 0.2) is 71.5 Å². The minimum Gasteiger partial charge on any atom is -0.497 e. The molecule has 0 amide bonds. The van der Waals surface area contributed by atoms with Crippen LogP contribution in [0, 0.1) is 17.2 Å². The highest BCUT2D eigenvalue weighted by molar-refractivity contribution is 5.91. The second kappa shape index (κ2) is 8.44. The molecule has 1 aliphatic carbocycles. The minimum absolute atomic E-state index is 0.101. The van der Waals surface area contributed by atoms with Crippen molar-refractivity contribution >= 4 is 22.4 Å². The Labute approximate surface area is 192 Å². The van der Waals surface area contributed by atoms with Gasteiger partial charge in [0.25, 0.3) is 5.56 Å². The Bertz CT molecular complexity index is 1430. The van der Waals surface area contributed by atoms with Gasteiger partial charge < -0.3 is 14.2 Å². The van der Waals surface area contributed by atoms with Gasteiger partial charge in [0.15, 0.2) is 0 Å². The Balaban J connectivity index is 1.66. The summed E-state index contributed by atoms with van der Waals surface area (Å²) >= 11 is 0. The van der Waals surface area contributed by atoms with Crippen LogP contribution < -0.4 is 15.2 Å². The molecular weight excluding hydrogens is 412 g/mol. The number of hydrogen-bond acceptors (Lipinski definition) is 5. The van der Waals surface area contributed by atoms with E-state index in [1.165, 1.54) is 12.8 Å². The van der Waals surface area contributed by atoms with Gasteiger partial charge in [-0.3, -0.25) is 4.79 Å². The second-order valence-corrected chi connectivity index (χ2v) is 8.44. The number of hydrogen-bond donors (Lipinski definition) is 0. The molecular formula is C27H24N4O2. The number of rotatable bonds is 6. The van der Waals surface area contributed by atoms with Crippen LogP contribution in [0.1, 0.15) is 18.5 Å². The predicted molar refractivity (Wildman–Crippen MR) is 130 cm³/mol. The van der Waals surface area contributed by atoms with Gasteiger partial charge in [0.05, 0.1) is 18.3 Å². The lowest BCUT2D eigenvalue weighted by Gasteiger charge is -2.27. The van der Waals surface area contributed by atoms with E-state index in [0.29, 0.717) is 22.6 Å². The Morgan fingerprint density at radius 1 is 1.09 bits per heavy atom. The second-order valence-electron chi connectivity index (χ2n) is 8.44. The molecule has 1 aliphatic rings. The number of pyridine rings is 2. The van der Waals surface area contributed by atoms with Crippen LogP contribution in [-0.2, 0) is 7.05 Å². The molecule has 2 aromatic carbocycles. The summed E-state index contributed by atoms with van der Waals surface area (Å²) in [7, 11) is 3.39. The van der Waals surface area contributed by atoms with Gasteiger partial charge in [0.2, 0.25) is 0 Å². The molecule has 2 aromatic heterocycles. The topological polar surface area (TPSA) is 71.2 Å². The summed E-state index contributed by atoms with van der Waals surface area (Å²) in [4.78, 5) is 19.6. The summed E-state index contributed by atoms with van der Waals surface area (Å²) in [6, 6.07) is 23.5. The lowest BCUT2D eigenvalue weighted by atomic mass is 10.0. The first-order valence-electron chi connectivity index (χ1n) is 11.0. The van der Waals surface area contributed by atoms with Gasteiger partial charge in [-0.15, -0.1) is 0 Å². The van der Waals surface area contributed by atoms with Crippen molar-refractivity contribution in [2.75, 3.05) is 18.6 Å². The van der Waals surface area contributed by atoms with Gasteiger partial charge in [-0.1, -0.05) is 24.3 Å². The normalized spacial score (nSPS) is 13.0. The predicted octanol–water partition coefficient (Wildman–Crippen LogP) is 5.03. The SMILES string of the molecule is COc1ccc(-c2cccc(N(CC3CC3)c3cc(=O)n(C)c4ccc(C#N)nc34)c2)cc1. The molecule has 5 rings (SSSR count). The van der Waals surface area contributed by atoms with Gasteiger partial charge >= 0.3 is 0 Å². The molecule has 0 atom stereocenters. The highest BCUT2D eigenvalue weighted by atomic mass is 16.5. The molecule has 0 saturated heterocycles. The fraction of sp³-hybridized carbons (Fsp3) is 0.222. The van der Waals surface area contributed by atoms with Crippen LogP contribution in [0.2, 0.25) is 0 Å². The van der Waals surface area contributed by atoms with Crippen molar-refractivity contribution in [1.29, 1.82) is 5.26 Å². The molecule has 0 N–H and O–H groups in total. The number of ether oxygens (including phenoxy) is 1. The number of methoxy groups -OCH3 is 1. The average molecular weight is 437 g/mol. The molecule has 4 aromatic rings. The van der Waals surface area contributed by atoms with Crippen molar-refractivity contribution in [3.8, 4) is 22.9 Å². The van der Waals surface area contributed by atoms with Crippen LogP contribution >= 0.6 is 0 Å². The number of anilines is 2. The third-order valence-corrected chi connectivity index (χ3v) is 6.19. The van der Waals surface area contributed by atoms with E-state index in [4.69, 9.17) is 4.74 Å². The van der Waals surface area contributed by atoms with Crippen molar-refractivity contribution in [1.82, 2.24) is 9.55 Å². The standard InChI is InChI=1S/C27H24N4O2/c1-30-24-13-10-21(16-28)29-27(24)25(15-26(30)32)31(17-18-6-7-18)22-5-3-4-20(14-22)19-8-11-23(33-2)12-9-19/h3-5,8-15,18H,6-7,17H2,1-2H3. The smallest absolute Gasteiger partial charge is 0.252 e. The molecule has 0 spiro atoms. The number of nitriles is 1. The van der Waals surface area contributed by atoms with Crippen LogP contribution in [0.25, 0.3) is 22.2 Å². The zero-order valence-electron chi connectivity index (χ0n) is 18.7. The van der Waals surface area contributed by atoms with E-state index >= 15 is 0 Å². The van der Waals surface area contributed by atoms with Gasteiger partial charge in [-0.2, -0.15) is 5.26 Å². The Morgan fingerprint density at radius 3 is 2.58 bits per heavy atom. The van der Waals surface area contributed by atoms with Crippen molar-refractivity contribution in [2.24, 2.45) is 13.0 Å². The Morgan fingerprint density at radius 2 is 1.88 bits per heavy atom. The number of nitrogens with zero attached hydrogens (tertiary/aromatic N) is 4. The van der Waals surface area contributed by atoms with E-state index < -0.39 is 0 Å². The summed E-state index contributed by atoms with van der Waals surface area (Å²) in [5, 5.41) is 9.42. The highest BCUT2D eigenvalue weighted by Gasteiger charge is 2.27. The fourth-order valence-electron chi connectivity index (χ4n) is 4.12. The van der Waals surface area contributed by atoms with E-state index in [1.807, 2.05) is 30.3 Å². The molecule has 0 bridgehead atoms. The number of aromatic nitrogens is 2. The summed E-state index contributed by atoms with van der Waals surface area (Å²) in [6.45, 7) is 0.798. The van der Waals surface area contributed by atoms with Crippen molar-refractivity contribution in [3.05, 3.63) is 82.8 Å². The van der Waals surface area contributed by atoms with Crippen molar-refractivity contribution < 1.29 is 4.74 Å². The number of fused-ring (bicyclic) bond motifs is 1. The van der Waals surface area contributed by atoms with E-state index in [0.717, 1.165) is 34.8 Å². The minimum atomic E-state index is -0.101. The van der Waals surface area contributed by atoms with Crippen LogP contribution in [0.3, 0.4) is 0 Å². The molecule has 6 nitrogen and oxygen atoms in total. The molecule has 0 radical (unpaired) electrons. The monoisotopic (exact) mass is 436 g/mol. The van der Waals surface area contributed by atoms with Gasteiger partial charge in [-0.05, 0) is 66.3 Å². The van der Waals surface area contributed by atoms with E-state index in [2.05, 4.69) is 34.2 Å². The fourth-order valence-corrected chi connectivity index (χ4v) is 4.12. The third-order valence-electron chi connectivity index (χ3n) is 6.19. The molecule has 164 valence electrons. The molecule has 2 heterocycles. The molecule has 1 saturated carbocycles. The lowest BCUT2D eigenvalue weighted by molar-refractivity contribution is 0.415. The Hall–Kier alpha value is -4.11. The maximum Gasteiger partial charge on any atom is 0.252 e. The zero-order valence-corrected chi connectivity index (χ0v) is 18.7. The van der Waals surface area contributed by atoms with Gasteiger partial charge in [0, 0.05) is 25.3 Å². The summed E-state index contributed by atoms with van der Waals surface area (Å²) in [5.74, 6) is 1.39. The number of benzene rings is 2. The molecule has 6 heteroatoms. The first-order valence-corrected chi connectivity index (χ1v) is 11.0. The summed E-state index contributed by atoms with van der Waals surface area (Å²) in [6.07, 6.45) is 2.35. The van der Waals surface area contributed by atoms with Crippen molar-refractivity contribution in [2.45, 2.75) is 12.8 Å². The Kier molecular flexibility index (Phi) is 5.31. The zero-order chi connectivity index (χ0) is 22.9. The summed E-state index contributed by atoms with van der Waals surface area (Å²) < 4.78 is 6.87. The lowest BCUT2D eigenvalue weighted by Crippen LogP contribution is -2.25. The average Bonchev–Trinajstić information content (AvgIpc) is 3.69. The largest absolute Gasteiger partial charge is 0.497 e. The van der Waals surface area contributed by atoms with Crippen LogP contribution in [-0.4, -0.2) is 23.2 Å². The number of aryl methyl sites for hydroxylation is 1. The molecule has 0 unspecified atom stereocenters. The van der Waals surface area contributed by atoms with Crippen molar-refractivity contribution in [3.63, 3.8) is 0 Å². The molecule has 0 aliphatic heterocycles. The van der Waals surface area contributed by atoms with E-state index in [9.17, 15) is 10.1 Å². The molecule has 33 heavy (non-hydrogen) atoms. The van der Waals surface area contributed by atoms with Crippen LogP contribution in [0.5, 0.6) is 5.75 Å². The third kappa shape index (κ3) is 4.06. The first kappa shape index (κ1) is 20.8. The quantitative estimate of drug-likeness (QED) is 0.424. The summed E-state index contributed by atoms with van der Waals surface area (Å²) in [5.41, 5.74) is 5.50. The van der Waals surface area contributed by atoms with Gasteiger partial charge in [-0.25, -0.2) is 4.98 Å². The molecule has 1 fully saturated rings. The maximum absolute atomic E-state index is 12.8. The first-order chi connectivity index (χ1) is 16.1. The maximum atomic E-state index is 12.8. The highest BCUT2D eigenvalue weighted by Crippen LogP contribution is 2.38.